The molecule has 0 amide bonds. The van der Waals surface area contributed by atoms with Gasteiger partial charge in [-0.25, -0.2) is 0 Å². The summed E-state index contributed by atoms with van der Waals surface area (Å²) < 4.78 is 0. The first kappa shape index (κ1) is 23.4. The number of aliphatic hydroxyl groups excluding tert-OH is 2. The van der Waals surface area contributed by atoms with E-state index in [0.29, 0.717) is 42.3 Å². The van der Waals surface area contributed by atoms with E-state index >= 15 is 0 Å². The van der Waals surface area contributed by atoms with Gasteiger partial charge in [0, 0.05) is 5.92 Å². The number of hydrogen-bond acceptors (Lipinski definition) is 4. The van der Waals surface area contributed by atoms with E-state index in [1.807, 2.05) is 6.08 Å². The number of carbonyl (C=O) groups is 1. The van der Waals surface area contributed by atoms with Crippen molar-refractivity contribution in [2.45, 2.75) is 110 Å². The van der Waals surface area contributed by atoms with Gasteiger partial charge in [-0.3, -0.25) is 4.79 Å². The van der Waals surface area contributed by atoms with Crippen molar-refractivity contribution in [3.05, 3.63) is 11.6 Å². The highest BCUT2D eigenvalue weighted by molar-refractivity contribution is 5.94. The lowest BCUT2D eigenvalue weighted by atomic mass is 9.46. The van der Waals surface area contributed by atoms with Gasteiger partial charge in [-0.1, -0.05) is 26.3 Å². The van der Waals surface area contributed by atoms with Gasteiger partial charge in [-0.2, -0.15) is 0 Å². The summed E-state index contributed by atoms with van der Waals surface area (Å²) in [6.07, 6.45) is 9.64. The highest BCUT2D eigenvalue weighted by atomic mass is 16.3. The predicted octanol–water partition coefficient (Wildman–Crippen LogP) is 4.65. The monoisotopic (exact) mass is 432 g/mol. The van der Waals surface area contributed by atoms with Crippen LogP contribution in [0.15, 0.2) is 11.6 Å². The first-order valence-electron chi connectivity index (χ1n) is 12.7. The molecule has 0 aromatic carbocycles. The molecule has 4 nitrogen and oxygen atoms in total. The minimum absolute atomic E-state index is 0.0830. The Labute approximate surface area is 188 Å². The van der Waals surface area contributed by atoms with Gasteiger partial charge in [0.1, 0.15) is 0 Å². The van der Waals surface area contributed by atoms with Crippen LogP contribution in [0, 0.1) is 40.4 Å². The second-order valence-electron chi connectivity index (χ2n) is 12.6. The van der Waals surface area contributed by atoms with Crippen LogP contribution in [0.25, 0.3) is 0 Å². The summed E-state index contributed by atoms with van der Waals surface area (Å²) in [5.74, 6) is 2.40. The third kappa shape index (κ3) is 3.85. The van der Waals surface area contributed by atoms with Crippen molar-refractivity contribution in [3.63, 3.8) is 0 Å². The van der Waals surface area contributed by atoms with Crippen LogP contribution in [0.1, 0.15) is 92.4 Å². The standard InChI is InChI=1S/C27H44O4/c1-16(6-9-23(30)25(2,3)31)19-7-8-20-24-21(11-13-27(19,20)5)26(4)12-10-18(28)14-17(26)15-22(24)29/h15-16,18-21,23-24,28,30-31H,6-14H2,1-5H3/t16-,18-,19-,20+,21+,23-,24+,26+,27-/m1/s1. The van der Waals surface area contributed by atoms with Gasteiger partial charge < -0.3 is 15.3 Å². The van der Waals surface area contributed by atoms with Gasteiger partial charge in [0.05, 0.1) is 17.8 Å². The van der Waals surface area contributed by atoms with Crippen LogP contribution >= 0.6 is 0 Å². The van der Waals surface area contributed by atoms with Crippen LogP contribution in [-0.4, -0.2) is 38.9 Å². The van der Waals surface area contributed by atoms with Gasteiger partial charge in [-0.05, 0) is 112 Å². The Morgan fingerprint density at radius 3 is 2.48 bits per heavy atom. The van der Waals surface area contributed by atoms with Crippen LogP contribution in [0.4, 0.5) is 0 Å². The fourth-order valence-corrected chi connectivity index (χ4v) is 8.33. The summed E-state index contributed by atoms with van der Waals surface area (Å²) in [5, 5.41) is 30.6. The van der Waals surface area contributed by atoms with E-state index in [1.54, 1.807) is 13.8 Å². The molecule has 0 heterocycles. The van der Waals surface area contributed by atoms with Crippen LogP contribution in [0.2, 0.25) is 0 Å². The lowest BCUT2D eigenvalue weighted by molar-refractivity contribution is -0.135. The first-order valence-corrected chi connectivity index (χ1v) is 12.7. The molecular formula is C27H44O4. The van der Waals surface area contributed by atoms with Gasteiger partial charge in [0.25, 0.3) is 0 Å². The van der Waals surface area contributed by atoms with Crippen LogP contribution in [-0.2, 0) is 4.79 Å². The number of allylic oxidation sites excluding steroid dienone is 1. The molecule has 31 heavy (non-hydrogen) atoms. The summed E-state index contributed by atoms with van der Waals surface area (Å²) >= 11 is 0. The molecule has 0 aromatic rings. The maximum atomic E-state index is 13.4. The molecule has 3 fully saturated rings. The van der Waals surface area contributed by atoms with Crippen LogP contribution in [0.3, 0.4) is 0 Å². The van der Waals surface area contributed by atoms with Crippen molar-refractivity contribution in [3.8, 4) is 0 Å². The molecule has 9 atom stereocenters. The lowest BCUT2D eigenvalue weighted by Gasteiger charge is -2.57. The minimum Gasteiger partial charge on any atom is -0.393 e. The minimum atomic E-state index is -1.05. The maximum absolute atomic E-state index is 13.4. The van der Waals surface area contributed by atoms with E-state index in [-0.39, 0.29) is 22.9 Å². The average Bonchev–Trinajstić information content (AvgIpc) is 3.03. The zero-order valence-corrected chi connectivity index (χ0v) is 20.2. The highest BCUT2D eigenvalue weighted by Gasteiger charge is 2.61. The number of ketones is 1. The molecule has 0 bridgehead atoms. The number of aliphatic hydroxyl groups is 3. The average molecular weight is 433 g/mol. The van der Waals surface area contributed by atoms with Crippen molar-refractivity contribution >= 4 is 5.78 Å². The maximum Gasteiger partial charge on any atom is 0.159 e. The van der Waals surface area contributed by atoms with E-state index in [1.165, 1.54) is 18.4 Å². The Kier molecular flexibility index (Phi) is 6.02. The fourth-order valence-electron chi connectivity index (χ4n) is 8.33. The molecule has 4 rings (SSSR count). The molecule has 3 N–H and O–H groups in total. The van der Waals surface area contributed by atoms with Gasteiger partial charge >= 0.3 is 0 Å². The Hall–Kier alpha value is -0.710. The van der Waals surface area contributed by atoms with Crippen molar-refractivity contribution in [2.24, 2.45) is 40.4 Å². The molecule has 0 spiro atoms. The molecule has 0 unspecified atom stereocenters. The van der Waals surface area contributed by atoms with E-state index in [9.17, 15) is 20.1 Å². The molecule has 4 aliphatic carbocycles. The highest BCUT2D eigenvalue weighted by Crippen LogP contribution is 2.66. The molecule has 0 aliphatic heterocycles. The zero-order valence-electron chi connectivity index (χ0n) is 20.2. The Balaban J connectivity index is 1.52. The first-order chi connectivity index (χ1) is 14.4. The Bertz CT molecular complexity index is 736. The SMILES string of the molecule is C[C@H](CC[C@@H](O)C(C)(C)O)[C@H]1CC[C@H]2[C@@H]3C(=O)C=C4C[C@H](O)CC[C@]4(C)[C@H]3CC[C@]12C. The third-order valence-corrected chi connectivity index (χ3v) is 10.4. The summed E-state index contributed by atoms with van der Waals surface area (Å²) in [5.41, 5.74) is 0.428. The zero-order chi connectivity index (χ0) is 22.8. The number of rotatable bonds is 5. The lowest BCUT2D eigenvalue weighted by Crippen LogP contribution is -2.53. The number of carbonyl (C=O) groups excluding carboxylic acids is 1. The van der Waals surface area contributed by atoms with Crippen LogP contribution in [0.5, 0.6) is 0 Å². The molecular weight excluding hydrogens is 388 g/mol. The topological polar surface area (TPSA) is 77.8 Å². The van der Waals surface area contributed by atoms with E-state index in [0.717, 1.165) is 32.1 Å². The van der Waals surface area contributed by atoms with Crippen molar-refractivity contribution in [1.29, 1.82) is 0 Å². The summed E-state index contributed by atoms with van der Waals surface area (Å²) in [6.45, 7) is 10.5. The third-order valence-electron chi connectivity index (χ3n) is 10.4. The summed E-state index contributed by atoms with van der Waals surface area (Å²) in [7, 11) is 0. The summed E-state index contributed by atoms with van der Waals surface area (Å²) in [4.78, 5) is 13.4. The Morgan fingerprint density at radius 2 is 1.81 bits per heavy atom. The van der Waals surface area contributed by atoms with Gasteiger partial charge in [0.15, 0.2) is 5.78 Å². The smallest absolute Gasteiger partial charge is 0.159 e. The van der Waals surface area contributed by atoms with Crippen molar-refractivity contribution in [2.75, 3.05) is 0 Å². The predicted molar refractivity (Wildman–Crippen MR) is 122 cm³/mol. The molecule has 0 saturated heterocycles. The quantitative estimate of drug-likeness (QED) is 0.591. The molecule has 3 saturated carbocycles. The van der Waals surface area contributed by atoms with Gasteiger partial charge in [0.2, 0.25) is 0 Å². The van der Waals surface area contributed by atoms with Crippen molar-refractivity contribution in [1.82, 2.24) is 0 Å². The molecule has 4 aliphatic rings. The van der Waals surface area contributed by atoms with Gasteiger partial charge in [-0.15, -0.1) is 0 Å². The fraction of sp³-hybridized carbons (Fsp3) is 0.889. The number of hydrogen-bond donors (Lipinski definition) is 3. The Morgan fingerprint density at radius 1 is 1.10 bits per heavy atom. The normalized spacial score (nSPS) is 44.7. The molecule has 0 radical (unpaired) electrons. The summed E-state index contributed by atoms with van der Waals surface area (Å²) in [6, 6.07) is 0. The van der Waals surface area contributed by atoms with Crippen molar-refractivity contribution < 1.29 is 20.1 Å². The second kappa shape index (κ2) is 7.95. The molecule has 176 valence electrons. The second-order valence-corrected chi connectivity index (χ2v) is 12.6. The number of fused-ring (bicyclic) bond motifs is 5. The van der Waals surface area contributed by atoms with E-state index < -0.39 is 11.7 Å². The molecule has 0 aromatic heterocycles. The largest absolute Gasteiger partial charge is 0.393 e. The van der Waals surface area contributed by atoms with E-state index in [4.69, 9.17) is 0 Å². The molecule has 4 heteroatoms. The van der Waals surface area contributed by atoms with Crippen LogP contribution < -0.4 is 0 Å². The van der Waals surface area contributed by atoms with E-state index in [2.05, 4.69) is 20.8 Å².